The summed E-state index contributed by atoms with van der Waals surface area (Å²) in [5.41, 5.74) is 1.11. The van der Waals surface area contributed by atoms with Crippen LogP contribution in [0.15, 0.2) is 30.3 Å². The van der Waals surface area contributed by atoms with Gasteiger partial charge in [0.2, 0.25) is 0 Å². The number of carbonyl (C=O) groups excluding carboxylic acids is 2. The molecule has 0 unspecified atom stereocenters. The van der Waals surface area contributed by atoms with Gasteiger partial charge < -0.3 is 14.8 Å². The Kier molecular flexibility index (Phi) is 3.42. The minimum Gasteiger partial charge on any atom is -0.502 e. The van der Waals surface area contributed by atoms with Crippen molar-refractivity contribution in [2.24, 2.45) is 0 Å². The Bertz CT molecular complexity index is 806. The number of hydrogen-bond acceptors (Lipinski definition) is 5. The van der Waals surface area contributed by atoms with E-state index in [9.17, 15) is 14.7 Å². The van der Waals surface area contributed by atoms with Crippen LogP contribution in [0.4, 0.5) is 0 Å². The van der Waals surface area contributed by atoms with Crippen LogP contribution in [-0.2, 0) is 16.1 Å². The lowest BCUT2D eigenvalue weighted by molar-refractivity contribution is -0.136. The first kappa shape index (κ1) is 14.3. The Labute approximate surface area is 126 Å². The van der Waals surface area contributed by atoms with Crippen molar-refractivity contribution in [2.45, 2.75) is 13.0 Å². The fourth-order valence-electron chi connectivity index (χ4n) is 2.60. The lowest BCUT2D eigenvalue weighted by Gasteiger charge is -2.04. The summed E-state index contributed by atoms with van der Waals surface area (Å²) in [6, 6.07) is 3.51. The second kappa shape index (κ2) is 5.27. The number of carbonyl (C=O) groups is 2. The van der Waals surface area contributed by atoms with Gasteiger partial charge in [0, 0.05) is 43.5 Å². The van der Waals surface area contributed by atoms with Gasteiger partial charge in [0.1, 0.15) is 5.65 Å². The van der Waals surface area contributed by atoms with Crippen LogP contribution in [0.1, 0.15) is 12.0 Å². The molecule has 0 saturated carbocycles. The number of amides is 2. The van der Waals surface area contributed by atoms with E-state index >= 15 is 0 Å². The number of imide groups is 1. The monoisotopic (exact) mass is 301 g/mol. The SMILES string of the molecule is CN1C(=O)C(O)=C(c2cn(CCCO)c3ncccc23)C1=O. The molecule has 7 heteroatoms. The van der Waals surface area contributed by atoms with Gasteiger partial charge in [-0.1, -0.05) is 0 Å². The van der Waals surface area contributed by atoms with Crippen LogP contribution in [0.2, 0.25) is 0 Å². The first-order valence-corrected chi connectivity index (χ1v) is 6.87. The predicted octanol–water partition coefficient (Wildman–Crippen LogP) is 0.686. The molecule has 0 saturated heterocycles. The van der Waals surface area contributed by atoms with Gasteiger partial charge in [0.15, 0.2) is 5.76 Å². The van der Waals surface area contributed by atoms with Gasteiger partial charge in [-0.15, -0.1) is 0 Å². The van der Waals surface area contributed by atoms with Crippen molar-refractivity contribution in [2.75, 3.05) is 13.7 Å². The Morgan fingerprint density at radius 3 is 2.68 bits per heavy atom. The van der Waals surface area contributed by atoms with Crippen molar-refractivity contribution >= 4 is 28.4 Å². The molecule has 3 heterocycles. The molecule has 1 aliphatic rings. The number of fused-ring (bicyclic) bond motifs is 1. The summed E-state index contributed by atoms with van der Waals surface area (Å²) in [5.74, 6) is -1.79. The average Bonchev–Trinajstić information content (AvgIpc) is 2.98. The molecule has 7 nitrogen and oxygen atoms in total. The second-order valence-electron chi connectivity index (χ2n) is 5.08. The molecule has 2 amide bonds. The van der Waals surface area contributed by atoms with E-state index in [0.717, 1.165) is 4.90 Å². The van der Waals surface area contributed by atoms with Crippen LogP contribution in [0, 0.1) is 0 Å². The Morgan fingerprint density at radius 2 is 2.05 bits per heavy atom. The zero-order chi connectivity index (χ0) is 15.9. The Morgan fingerprint density at radius 1 is 1.27 bits per heavy atom. The van der Waals surface area contributed by atoms with Crippen LogP contribution in [-0.4, -0.2) is 50.1 Å². The molecule has 2 aromatic heterocycles. The van der Waals surface area contributed by atoms with E-state index in [1.807, 2.05) is 0 Å². The number of rotatable bonds is 4. The molecule has 3 rings (SSSR count). The number of hydrogen-bond donors (Lipinski definition) is 2. The number of aliphatic hydroxyl groups is 2. The molecule has 0 fully saturated rings. The molecule has 0 aromatic carbocycles. The lowest BCUT2D eigenvalue weighted by Crippen LogP contribution is -2.26. The summed E-state index contributed by atoms with van der Waals surface area (Å²) >= 11 is 0. The van der Waals surface area contributed by atoms with Crippen molar-refractivity contribution in [1.82, 2.24) is 14.5 Å². The van der Waals surface area contributed by atoms with Gasteiger partial charge in [0.05, 0.1) is 5.57 Å². The van der Waals surface area contributed by atoms with Crippen LogP contribution in [0.25, 0.3) is 16.6 Å². The van der Waals surface area contributed by atoms with E-state index < -0.39 is 17.6 Å². The predicted molar refractivity (Wildman–Crippen MR) is 78.8 cm³/mol. The van der Waals surface area contributed by atoms with E-state index in [1.54, 1.807) is 29.1 Å². The van der Waals surface area contributed by atoms with Crippen molar-refractivity contribution in [3.63, 3.8) is 0 Å². The second-order valence-corrected chi connectivity index (χ2v) is 5.08. The number of aliphatic hydroxyl groups excluding tert-OH is 2. The van der Waals surface area contributed by atoms with Gasteiger partial charge in [0.25, 0.3) is 11.8 Å². The number of pyridine rings is 1. The van der Waals surface area contributed by atoms with Gasteiger partial charge in [-0.2, -0.15) is 0 Å². The molecule has 0 bridgehead atoms. The summed E-state index contributed by atoms with van der Waals surface area (Å²) in [4.78, 5) is 29.1. The van der Waals surface area contributed by atoms with Crippen LogP contribution in [0.5, 0.6) is 0 Å². The zero-order valence-corrected chi connectivity index (χ0v) is 12.0. The molecule has 2 N–H and O–H groups in total. The molecule has 1 aliphatic heterocycles. The quantitative estimate of drug-likeness (QED) is 0.810. The Balaban J connectivity index is 2.20. The normalized spacial score (nSPS) is 15.5. The van der Waals surface area contributed by atoms with E-state index in [2.05, 4.69) is 4.98 Å². The highest BCUT2D eigenvalue weighted by atomic mass is 16.3. The fourth-order valence-corrected chi connectivity index (χ4v) is 2.60. The minimum absolute atomic E-state index is 0.00625. The highest BCUT2D eigenvalue weighted by Crippen LogP contribution is 2.32. The standard InChI is InChI=1S/C15H15N3O4/c1-17-14(21)11(12(20)15(17)22)10-8-18(6-3-7-19)13-9(10)4-2-5-16-13/h2,4-5,8,19-20H,3,6-7H2,1H3. The average molecular weight is 301 g/mol. The molecule has 2 aromatic rings. The van der Waals surface area contributed by atoms with Gasteiger partial charge in [-0.25, -0.2) is 4.98 Å². The van der Waals surface area contributed by atoms with E-state index in [0.29, 0.717) is 29.6 Å². The number of aryl methyl sites for hydroxylation is 1. The van der Waals surface area contributed by atoms with Crippen LogP contribution >= 0.6 is 0 Å². The summed E-state index contributed by atoms with van der Waals surface area (Å²) in [6.07, 6.45) is 3.85. The van der Waals surface area contributed by atoms with Gasteiger partial charge in [-0.3, -0.25) is 14.5 Å². The molecular weight excluding hydrogens is 286 g/mol. The lowest BCUT2D eigenvalue weighted by atomic mass is 10.1. The molecular formula is C15H15N3O4. The smallest absolute Gasteiger partial charge is 0.296 e. The number of likely N-dealkylation sites (N-methyl/N-ethyl adjacent to an activating group) is 1. The largest absolute Gasteiger partial charge is 0.502 e. The van der Waals surface area contributed by atoms with Gasteiger partial charge >= 0.3 is 0 Å². The Hall–Kier alpha value is -2.67. The fraction of sp³-hybridized carbons (Fsp3) is 0.267. The summed E-state index contributed by atoms with van der Waals surface area (Å²) in [5, 5.41) is 19.7. The molecule has 0 atom stereocenters. The highest BCUT2D eigenvalue weighted by molar-refractivity contribution is 6.36. The molecule has 0 radical (unpaired) electrons. The third kappa shape index (κ3) is 1.98. The van der Waals surface area contributed by atoms with E-state index in [-0.39, 0.29) is 12.2 Å². The molecule has 22 heavy (non-hydrogen) atoms. The van der Waals surface area contributed by atoms with Crippen molar-refractivity contribution < 1.29 is 19.8 Å². The third-order valence-corrected chi connectivity index (χ3v) is 3.72. The first-order chi connectivity index (χ1) is 10.6. The summed E-state index contributed by atoms with van der Waals surface area (Å²) in [6.45, 7) is 0.561. The maximum Gasteiger partial charge on any atom is 0.296 e. The summed E-state index contributed by atoms with van der Waals surface area (Å²) in [7, 11) is 1.33. The topological polar surface area (TPSA) is 95.7 Å². The summed E-state index contributed by atoms with van der Waals surface area (Å²) < 4.78 is 1.80. The van der Waals surface area contributed by atoms with Crippen molar-refractivity contribution in [3.05, 3.63) is 35.8 Å². The molecule has 0 aliphatic carbocycles. The van der Waals surface area contributed by atoms with E-state index in [1.165, 1.54) is 7.05 Å². The maximum atomic E-state index is 12.2. The van der Waals surface area contributed by atoms with E-state index in [4.69, 9.17) is 5.11 Å². The van der Waals surface area contributed by atoms with Crippen LogP contribution in [0.3, 0.4) is 0 Å². The number of nitrogens with zero attached hydrogens (tertiary/aromatic N) is 3. The van der Waals surface area contributed by atoms with Crippen molar-refractivity contribution in [1.29, 1.82) is 0 Å². The van der Waals surface area contributed by atoms with Crippen LogP contribution < -0.4 is 0 Å². The van der Waals surface area contributed by atoms with Crippen molar-refractivity contribution in [3.8, 4) is 0 Å². The number of aromatic nitrogens is 2. The molecule has 114 valence electrons. The maximum absolute atomic E-state index is 12.2. The van der Waals surface area contributed by atoms with Gasteiger partial charge in [-0.05, 0) is 18.6 Å². The first-order valence-electron chi connectivity index (χ1n) is 6.87. The minimum atomic E-state index is -0.708. The third-order valence-electron chi connectivity index (χ3n) is 3.72. The molecule has 0 spiro atoms. The zero-order valence-electron chi connectivity index (χ0n) is 12.0. The highest BCUT2D eigenvalue weighted by Gasteiger charge is 2.38.